The summed E-state index contributed by atoms with van der Waals surface area (Å²) < 4.78 is 1.87. The van der Waals surface area contributed by atoms with Crippen LogP contribution in [0.5, 0.6) is 0 Å². The third-order valence-electron chi connectivity index (χ3n) is 4.61. The van der Waals surface area contributed by atoms with E-state index in [1.54, 1.807) is 17.5 Å². The number of hydrogen-bond donors (Lipinski definition) is 0. The van der Waals surface area contributed by atoms with Gasteiger partial charge in [0.15, 0.2) is 0 Å². The van der Waals surface area contributed by atoms with Crippen LogP contribution in [-0.4, -0.2) is 51.7 Å². The summed E-state index contributed by atoms with van der Waals surface area (Å²) in [7, 11) is 0. The normalized spacial score (nSPS) is 17.4. The molecule has 3 heterocycles. The van der Waals surface area contributed by atoms with Crippen molar-refractivity contribution < 1.29 is 4.79 Å². The zero-order valence-corrected chi connectivity index (χ0v) is 15.5. The van der Waals surface area contributed by atoms with Crippen molar-refractivity contribution in [3.8, 4) is 0 Å². The van der Waals surface area contributed by atoms with Crippen LogP contribution in [-0.2, 0) is 6.54 Å². The average molecular weight is 347 g/mol. The minimum atomic E-state index is 0.104. The molecule has 0 spiro atoms. The first-order valence-corrected chi connectivity index (χ1v) is 9.56. The molecule has 1 aliphatic rings. The van der Waals surface area contributed by atoms with E-state index in [0.29, 0.717) is 17.5 Å². The van der Waals surface area contributed by atoms with Crippen LogP contribution in [0.2, 0.25) is 0 Å². The van der Waals surface area contributed by atoms with E-state index >= 15 is 0 Å². The van der Waals surface area contributed by atoms with Crippen LogP contribution in [0.1, 0.15) is 42.7 Å². The predicted molar refractivity (Wildman–Crippen MR) is 97.3 cm³/mol. The van der Waals surface area contributed by atoms with E-state index in [1.807, 2.05) is 15.8 Å². The molecule has 1 atom stereocenters. The van der Waals surface area contributed by atoms with Gasteiger partial charge in [0.05, 0.1) is 11.8 Å². The standard InChI is InChI=1S/C18H26N4OS/c1-14(2)11-22-12-17(10-19-22)18(23)21-7-5-20(6-8-21)15(3)16-4-9-24-13-16/h4,9-10,12-15H,5-8,11H2,1-3H3. The highest BCUT2D eigenvalue weighted by Gasteiger charge is 2.26. The lowest BCUT2D eigenvalue weighted by atomic mass is 10.1. The van der Waals surface area contributed by atoms with E-state index in [-0.39, 0.29) is 5.91 Å². The molecule has 3 rings (SSSR count). The highest BCUT2D eigenvalue weighted by atomic mass is 32.1. The maximum Gasteiger partial charge on any atom is 0.257 e. The minimum absolute atomic E-state index is 0.104. The molecule has 0 saturated carbocycles. The van der Waals surface area contributed by atoms with E-state index in [2.05, 4.69) is 47.6 Å². The Morgan fingerprint density at radius 2 is 2.00 bits per heavy atom. The molecule has 1 saturated heterocycles. The lowest BCUT2D eigenvalue weighted by Gasteiger charge is -2.37. The Kier molecular flexibility index (Phi) is 5.36. The molecule has 130 valence electrons. The lowest BCUT2D eigenvalue weighted by Crippen LogP contribution is -2.49. The third-order valence-corrected chi connectivity index (χ3v) is 5.31. The second-order valence-electron chi connectivity index (χ2n) is 6.91. The first kappa shape index (κ1) is 17.2. The monoisotopic (exact) mass is 346 g/mol. The second kappa shape index (κ2) is 7.49. The van der Waals surface area contributed by atoms with Crippen LogP contribution in [0.25, 0.3) is 0 Å². The van der Waals surface area contributed by atoms with Crippen molar-refractivity contribution in [1.82, 2.24) is 19.6 Å². The van der Waals surface area contributed by atoms with Crippen molar-refractivity contribution in [1.29, 1.82) is 0 Å². The summed E-state index contributed by atoms with van der Waals surface area (Å²) in [6.07, 6.45) is 3.58. The summed E-state index contributed by atoms with van der Waals surface area (Å²) >= 11 is 1.74. The van der Waals surface area contributed by atoms with E-state index in [1.165, 1.54) is 5.56 Å². The Morgan fingerprint density at radius 1 is 1.25 bits per heavy atom. The van der Waals surface area contributed by atoms with Gasteiger partial charge in [0.1, 0.15) is 0 Å². The van der Waals surface area contributed by atoms with E-state index in [9.17, 15) is 4.79 Å². The highest BCUT2D eigenvalue weighted by molar-refractivity contribution is 7.07. The summed E-state index contributed by atoms with van der Waals surface area (Å²) in [6, 6.07) is 2.61. The summed E-state index contributed by atoms with van der Waals surface area (Å²) in [5, 5.41) is 8.65. The van der Waals surface area contributed by atoms with Gasteiger partial charge in [0, 0.05) is 45.0 Å². The molecule has 6 heteroatoms. The van der Waals surface area contributed by atoms with Crippen LogP contribution in [0.4, 0.5) is 0 Å². The Hall–Kier alpha value is -1.66. The number of nitrogens with zero attached hydrogens (tertiary/aromatic N) is 4. The molecule has 0 N–H and O–H groups in total. The summed E-state index contributed by atoms with van der Waals surface area (Å²) in [5.41, 5.74) is 2.07. The molecule has 1 amide bonds. The zero-order valence-electron chi connectivity index (χ0n) is 14.7. The van der Waals surface area contributed by atoms with E-state index in [4.69, 9.17) is 0 Å². The van der Waals surface area contributed by atoms with Gasteiger partial charge in [-0.1, -0.05) is 13.8 Å². The molecule has 0 radical (unpaired) electrons. The SMILES string of the molecule is CC(C)Cn1cc(C(=O)N2CCN(C(C)c3ccsc3)CC2)cn1. The van der Waals surface area contributed by atoms with Crippen LogP contribution < -0.4 is 0 Å². The molecular weight excluding hydrogens is 320 g/mol. The van der Waals surface area contributed by atoms with Gasteiger partial charge in [-0.2, -0.15) is 16.4 Å². The Bertz CT molecular complexity index is 656. The maximum absolute atomic E-state index is 12.7. The molecule has 1 aliphatic heterocycles. The van der Waals surface area contributed by atoms with Gasteiger partial charge in [0.2, 0.25) is 0 Å². The highest BCUT2D eigenvalue weighted by Crippen LogP contribution is 2.23. The quantitative estimate of drug-likeness (QED) is 0.835. The largest absolute Gasteiger partial charge is 0.336 e. The van der Waals surface area contributed by atoms with Gasteiger partial charge in [0.25, 0.3) is 5.91 Å². The van der Waals surface area contributed by atoms with E-state index in [0.717, 1.165) is 32.7 Å². The topological polar surface area (TPSA) is 41.4 Å². The van der Waals surface area contributed by atoms with Gasteiger partial charge in [-0.15, -0.1) is 0 Å². The zero-order chi connectivity index (χ0) is 17.1. The number of piperazine rings is 1. The number of hydrogen-bond acceptors (Lipinski definition) is 4. The van der Waals surface area contributed by atoms with Crippen LogP contribution in [0, 0.1) is 5.92 Å². The first-order chi connectivity index (χ1) is 11.5. The Labute approximate surface area is 147 Å². The fourth-order valence-corrected chi connectivity index (χ4v) is 3.91. The molecule has 1 fully saturated rings. The molecule has 0 aliphatic carbocycles. The Balaban J connectivity index is 1.56. The second-order valence-corrected chi connectivity index (χ2v) is 7.69. The number of thiophene rings is 1. The van der Waals surface area contributed by atoms with Gasteiger partial charge >= 0.3 is 0 Å². The van der Waals surface area contributed by atoms with Crippen LogP contribution >= 0.6 is 11.3 Å². The molecule has 2 aromatic heterocycles. The predicted octanol–water partition coefficient (Wildman–Crippen LogP) is 3.12. The van der Waals surface area contributed by atoms with Crippen LogP contribution in [0.3, 0.4) is 0 Å². The van der Waals surface area contributed by atoms with Crippen molar-refractivity contribution in [2.75, 3.05) is 26.2 Å². The number of carbonyl (C=O) groups excluding carboxylic acids is 1. The summed E-state index contributed by atoms with van der Waals surface area (Å²) in [6.45, 7) is 10.8. The number of amides is 1. The smallest absolute Gasteiger partial charge is 0.257 e. The van der Waals surface area contributed by atoms with Gasteiger partial charge in [-0.3, -0.25) is 14.4 Å². The molecular formula is C18H26N4OS. The van der Waals surface area contributed by atoms with Gasteiger partial charge < -0.3 is 4.90 Å². The minimum Gasteiger partial charge on any atom is -0.336 e. The fraction of sp³-hybridized carbons (Fsp3) is 0.556. The lowest BCUT2D eigenvalue weighted by molar-refractivity contribution is 0.0582. The number of aromatic nitrogens is 2. The number of carbonyl (C=O) groups is 1. The summed E-state index contributed by atoms with van der Waals surface area (Å²) in [5.74, 6) is 0.628. The molecule has 5 nitrogen and oxygen atoms in total. The van der Waals surface area contributed by atoms with Crippen molar-refractivity contribution in [2.24, 2.45) is 5.92 Å². The van der Waals surface area contributed by atoms with Crippen molar-refractivity contribution >= 4 is 17.2 Å². The van der Waals surface area contributed by atoms with Gasteiger partial charge in [-0.25, -0.2) is 0 Å². The van der Waals surface area contributed by atoms with Crippen molar-refractivity contribution in [3.05, 3.63) is 40.3 Å². The molecule has 1 unspecified atom stereocenters. The Morgan fingerprint density at radius 3 is 2.62 bits per heavy atom. The molecule has 0 aromatic carbocycles. The molecule has 2 aromatic rings. The van der Waals surface area contributed by atoms with Crippen molar-refractivity contribution in [2.45, 2.75) is 33.4 Å². The maximum atomic E-state index is 12.7. The first-order valence-electron chi connectivity index (χ1n) is 8.62. The molecule has 0 bridgehead atoms. The van der Waals surface area contributed by atoms with E-state index < -0.39 is 0 Å². The third kappa shape index (κ3) is 3.87. The summed E-state index contributed by atoms with van der Waals surface area (Å²) in [4.78, 5) is 17.1. The van der Waals surface area contributed by atoms with Crippen LogP contribution in [0.15, 0.2) is 29.2 Å². The van der Waals surface area contributed by atoms with Gasteiger partial charge in [-0.05, 0) is 35.2 Å². The molecule has 24 heavy (non-hydrogen) atoms. The van der Waals surface area contributed by atoms with Crippen molar-refractivity contribution in [3.63, 3.8) is 0 Å². The average Bonchev–Trinajstić information content (AvgIpc) is 3.25. The number of rotatable bonds is 5. The fourth-order valence-electron chi connectivity index (χ4n) is 3.17.